The van der Waals surface area contributed by atoms with Crippen molar-refractivity contribution in [3.8, 4) is 11.8 Å². The molecule has 0 heterocycles. The highest BCUT2D eigenvalue weighted by molar-refractivity contribution is 6.30. The number of rotatable bonds is 6. The van der Waals surface area contributed by atoms with Crippen LogP contribution in [0.4, 0.5) is 4.39 Å². The van der Waals surface area contributed by atoms with Crippen molar-refractivity contribution in [2.75, 3.05) is 6.61 Å². The molecule has 1 rings (SSSR count). The van der Waals surface area contributed by atoms with Crippen molar-refractivity contribution in [3.63, 3.8) is 0 Å². The molecule has 0 saturated carbocycles. The number of hydrogen-bond donors (Lipinski definition) is 0. The summed E-state index contributed by atoms with van der Waals surface area (Å²) in [5.41, 5.74) is 0. The van der Waals surface area contributed by atoms with E-state index in [-0.39, 0.29) is 10.8 Å². The molecule has 0 N–H and O–H groups in total. The van der Waals surface area contributed by atoms with Crippen LogP contribution in [0, 0.1) is 17.1 Å². The molecule has 1 aromatic carbocycles. The van der Waals surface area contributed by atoms with Gasteiger partial charge in [0.2, 0.25) is 0 Å². The lowest BCUT2D eigenvalue weighted by molar-refractivity contribution is 0.291. The summed E-state index contributed by atoms with van der Waals surface area (Å²) in [5.74, 6) is -0.325. The average Bonchev–Trinajstić information content (AvgIpc) is 2.29. The Morgan fingerprint density at radius 2 is 2.12 bits per heavy atom. The highest BCUT2D eigenvalue weighted by Gasteiger charge is 2.06. The van der Waals surface area contributed by atoms with Crippen LogP contribution < -0.4 is 4.74 Å². The van der Waals surface area contributed by atoms with Gasteiger partial charge in [-0.1, -0.05) is 17.7 Å². The minimum absolute atomic E-state index is 0.0713. The van der Waals surface area contributed by atoms with Crippen LogP contribution in [0.2, 0.25) is 5.02 Å². The van der Waals surface area contributed by atoms with E-state index in [0.717, 1.165) is 19.3 Å². The molecule has 0 aromatic heterocycles. The van der Waals surface area contributed by atoms with Gasteiger partial charge in [0.25, 0.3) is 0 Å². The van der Waals surface area contributed by atoms with Crippen LogP contribution in [0.15, 0.2) is 18.2 Å². The van der Waals surface area contributed by atoms with Gasteiger partial charge < -0.3 is 4.74 Å². The molecule has 0 atom stereocenters. The Labute approximate surface area is 99.6 Å². The second-order valence-electron chi connectivity index (χ2n) is 3.37. The first-order valence-corrected chi connectivity index (χ1v) is 5.57. The SMILES string of the molecule is N#CCCCCCOc1cccc(Cl)c1F. The van der Waals surface area contributed by atoms with Gasteiger partial charge in [-0.25, -0.2) is 4.39 Å². The zero-order valence-corrected chi connectivity index (χ0v) is 9.63. The number of hydrogen-bond acceptors (Lipinski definition) is 2. The molecule has 0 bridgehead atoms. The lowest BCUT2D eigenvalue weighted by atomic mass is 10.2. The number of unbranched alkanes of at least 4 members (excludes halogenated alkanes) is 3. The van der Waals surface area contributed by atoms with Gasteiger partial charge in [0.05, 0.1) is 17.7 Å². The summed E-state index contributed by atoms with van der Waals surface area (Å²) >= 11 is 5.60. The van der Waals surface area contributed by atoms with Crippen molar-refractivity contribution in [2.24, 2.45) is 0 Å². The molecule has 0 aliphatic carbocycles. The number of benzene rings is 1. The molecule has 1 aromatic rings. The van der Waals surface area contributed by atoms with Gasteiger partial charge in [-0.15, -0.1) is 0 Å². The topological polar surface area (TPSA) is 33.0 Å². The predicted octanol–water partition coefficient (Wildman–Crippen LogP) is 3.94. The van der Waals surface area contributed by atoms with E-state index >= 15 is 0 Å². The van der Waals surface area contributed by atoms with Gasteiger partial charge >= 0.3 is 0 Å². The fourth-order valence-electron chi connectivity index (χ4n) is 1.26. The summed E-state index contributed by atoms with van der Waals surface area (Å²) < 4.78 is 18.6. The maximum atomic E-state index is 13.3. The molecule has 0 aliphatic heterocycles. The molecule has 0 aliphatic rings. The van der Waals surface area contributed by atoms with Crippen LogP contribution in [-0.4, -0.2) is 6.61 Å². The summed E-state index contributed by atoms with van der Waals surface area (Å²) in [4.78, 5) is 0. The normalized spacial score (nSPS) is 9.81. The Bertz CT molecular complexity index is 376. The summed E-state index contributed by atoms with van der Waals surface area (Å²) in [6.07, 6.45) is 3.15. The third kappa shape index (κ3) is 4.08. The minimum Gasteiger partial charge on any atom is -0.490 e. The third-order valence-corrected chi connectivity index (χ3v) is 2.40. The van der Waals surface area contributed by atoms with Gasteiger partial charge in [0, 0.05) is 6.42 Å². The maximum Gasteiger partial charge on any atom is 0.183 e. The van der Waals surface area contributed by atoms with E-state index in [4.69, 9.17) is 21.6 Å². The molecule has 86 valence electrons. The quantitative estimate of drug-likeness (QED) is 0.707. The van der Waals surface area contributed by atoms with E-state index in [1.807, 2.05) is 0 Å². The molecule has 0 saturated heterocycles. The van der Waals surface area contributed by atoms with Crippen molar-refractivity contribution in [3.05, 3.63) is 29.0 Å². The van der Waals surface area contributed by atoms with Crippen LogP contribution in [0.3, 0.4) is 0 Å². The van der Waals surface area contributed by atoms with E-state index in [1.165, 1.54) is 6.07 Å². The summed E-state index contributed by atoms with van der Waals surface area (Å²) in [6.45, 7) is 0.447. The van der Waals surface area contributed by atoms with E-state index in [0.29, 0.717) is 13.0 Å². The van der Waals surface area contributed by atoms with E-state index in [2.05, 4.69) is 6.07 Å². The Hall–Kier alpha value is -1.27. The van der Waals surface area contributed by atoms with Gasteiger partial charge in [0.1, 0.15) is 0 Å². The maximum absolute atomic E-state index is 13.3. The number of nitrogens with zero attached hydrogens (tertiary/aromatic N) is 1. The summed E-state index contributed by atoms with van der Waals surface area (Å²) in [5, 5.41) is 8.39. The number of ether oxygens (including phenoxy) is 1. The largest absolute Gasteiger partial charge is 0.490 e. The first kappa shape index (κ1) is 12.8. The summed E-state index contributed by atoms with van der Waals surface area (Å²) in [7, 11) is 0. The molecule has 0 fully saturated rings. The van der Waals surface area contributed by atoms with Crippen LogP contribution in [0.1, 0.15) is 25.7 Å². The van der Waals surface area contributed by atoms with Crippen molar-refractivity contribution >= 4 is 11.6 Å². The average molecular weight is 242 g/mol. The van der Waals surface area contributed by atoms with Crippen LogP contribution in [0.5, 0.6) is 5.75 Å². The lowest BCUT2D eigenvalue weighted by Gasteiger charge is -2.07. The minimum atomic E-state index is -0.513. The van der Waals surface area contributed by atoms with Gasteiger partial charge in [-0.05, 0) is 31.4 Å². The Kier molecular flexibility index (Phi) is 5.66. The summed E-state index contributed by atoms with van der Waals surface area (Å²) in [6, 6.07) is 6.76. The van der Waals surface area contributed by atoms with E-state index in [1.54, 1.807) is 12.1 Å². The molecule has 0 spiro atoms. The molecular formula is C12H13ClFNO. The van der Waals surface area contributed by atoms with Crippen LogP contribution >= 0.6 is 11.6 Å². The number of nitriles is 1. The molecular weight excluding hydrogens is 229 g/mol. The third-order valence-electron chi connectivity index (χ3n) is 2.11. The first-order valence-electron chi connectivity index (χ1n) is 5.19. The number of halogens is 2. The standard InChI is InChI=1S/C12H13ClFNO/c13-10-6-5-7-11(12(10)14)16-9-4-2-1-3-8-15/h5-7H,1-4,9H2. The first-order chi connectivity index (χ1) is 7.75. The molecule has 0 radical (unpaired) electrons. The molecule has 2 nitrogen and oxygen atoms in total. The highest BCUT2D eigenvalue weighted by atomic mass is 35.5. The van der Waals surface area contributed by atoms with Crippen molar-refractivity contribution in [2.45, 2.75) is 25.7 Å². The zero-order chi connectivity index (χ0) is 11.8. The Balaban J connectivity index is 2.27. The molecule has 16 heavy (non-hydrogen) atoms. The van der Waals surface area contributed by atoms with E-state index < -0.39 is 5.82 Å². The van der Waals surface area contributed by atoms with Gasteiger partial charge in [0.15, 0.2) is 11.6 Å². The van der Waals surface area contributed by atoms with Crippen molar-refractivity contribution in [1.29, 1.82) is 5.26 Å². The molecule has 0 unspecified atom stereocenters. The Morgan fingerprint density at radius 1 is 1.31 bits per heavy atom. The van der Waals surface area contributed by atoms with Crippen LogP contribution in [0.25, 0.3) is 0 Å². The molecule has 0 amide bonds. The zero-order valence-electron chi connectivity index (χ0n) is 8.88. The monoisotopic (exact) mass is 241 g/mol. The van der Waals surface area contributed by atoms with Crippen molar-refractivity contribution < 1.29 is 9.13 Å². The molecule has 4 heteroatoms. The van der Waals surface area contributed by atoms with Crippen molar-refractivity contribution in [1.82, 2.24) is 0 Å². The Morgan fingerprint density at radius 3 is 2.88 bits per heavy atom. The van der Waals surface area contributed by atoms with Gasteiger partial charge in [-0.3, -0.25) is 0 Å². The fraction of sp³-hybridized carbons (Fsp3) is 0.417. The predicted molar refractivity (Wildman–Crippen MR) is 61.0 cm³/mol. The van der Waals surface area contributed by atoms with Crippen LogP contribution in [-0.2, 0) is 0 Å². The lowest BCUT2D eigenvalue weighted by Crippen LogP contribution is -1.99. The van der Waals surface area contributed by atoms with E-state index in [9.17, 15) is 4.39 Å². The second-order valence-corrected chi connectivity index (χ2v) is 3.78. The fourth-order valence-corrected chi connectivity index (χ4v) is 1.43. The smallest absolute Gasteiger partial charge is 0.183 e. The highest BCUT2D eigenvalue weighted by Crippen LogP contribution is 2.24. The second kappa shape index (κ2) is 7.08. The van der Waals surface area contributed by atoms with Gasteiger partial charge in [-0.2, -0.15) is 5.26 Å².